The second kappa shape index (κ2) is 6.88. The first kappa shape index (κ1) is 17.4. The van der Waals surface area contributed by atoms with Crippen LogP contribution in [0.4, 0.5) is 4.79 Å². The molecule has 1 aromatic rings. The summed E-state index contributed by atoms with van der Waals surface area (Å²) < 4.78 is 4.99. The van der Waals surface area contributed by atoms with Crippen molar-refractivity contribution in [1.29, 1.82) is 0 Å². The first-order valence-electron chi connectivity index (χ1n) is 6.26. The number of thiophene rings is 1. The van der Waals surface area contributed by atoms with Crippen molar-refractivity contribution in [2.45, 2.75) is 38.6 Å². The van der Waals surface area contributed by atoms with Crippen molar-refractivity contribution in [3.05, 3.63) is 21.9 Å². The Morgan fingerprint density at radius 3 is 2.43 bits per heavy atom. The van der Waals surface area contributed by atoms with E-state index in [0.29, 0.717) is 4.88 Å². The SMILES string of the molecule is CC(C)(C)OC(=O)NCC(O)C(O)c1ccc(C(=O)O)s1. The Balaban J connectivity index is 2.52. The highest BCUT2D eigenvalue weighted by Crippen LogP contribution is 2.25. The van der Waals surface area contributed by atoms with Crippen molar-refractivity contribution in [1.82, 2.24) is 5.32 Å². The highest BCUT2D eigenvalue weighted by atomic mass is 32.1. The Hall–Kier alpha value is -1.64. The van der Waals surface area contributed by atoms with Gasteiger partial charge in [0, 0.05) is 11.4 Å². The summed E-state index contributed by atoms with van der Waals surface area (Å²) in [7, 11) is 0. The molecule has 0 saturated heterocycles. The summed E-state index contributed by atoms with van der Waals surface area (Å²) in [6, 6.07) is 2.77. The Kier molecular flexibility index (Phi) is 5.70. The van der Waals surface area contributed by atoms with Crippen LogP contribution in [0.3, 0.4) is 0 Å². The molecule has 0 aromatic carbocycles. The van der Waals surface area contributed by atoms with Gasteiger partial charge >= 0.3 is 12.1 Å². The lowest BCUT2D eigenvalue weighted by molar-refractivity contribution is 0.0146. The second-order valence-electron chi connectivity index (χ2n) is 5.40. The van der Waals surface area contributed by atoms with Gasteiger partial charge in [-0.2, -0.15) is 0 Å². The van der Waals surface area contributed by atoms with Crippen LogP contribution in [0.15, 0.2) is 12.1 Å². The van der Waals surface area contributed by atoms with E-state index in [0.717, 1.165) is 11.3 Å². The van der Waals surface area contributed by atoms with Gasteiger partial charge in [0.2, 0.25) is 0 Å². The predicted octanol–water partition coefficient (Wildman–Crippen LogP) is 1.37. The summed E-state index contributed by atoms with van der Waals surface area (Å²) in [6.07, 6.45) is -3.25. The number of carbonyl (C=O) groups is 2. The lowest BCUT2D eigenvalue weighted by Crippen LogP contribution is -2.38. The van der Waals surface area contributed by atoms with Crippen LogP contribution in [0, 0.1) is 0 Å². The van der Waals surface area contributed by atoms with Gasteiger partial charge in [-0.25, -0.2) is 9.59 Å². The van der Waals surface area contributed by atoms with Gasteiger partial charge in [0.05, 0.1) is 0 Å². The molecule has 0 saturated carbocycles. The molecule has 2 atom stereocenters. The molecule has 0 fully saturated rings. The first-order valence-corrected chi connectivity index (χ1v) is 7.08. The van der Waals surface area contributed by atoms with Gasteiger partial charge in [-0.3, -0.25) is 0 Å². The number of hydrogen-bond donors (Lipinski definition) is 4. The Bertz CT molecular complexity index is 507. The number of rotatable bonds is 5. The fraction of sp³-hybridized carbons (Fsp3) is 0.538. The summed E-state index contributed by atoms with van der Waals surface area (Å²) >= 11 is 0.868. The number of carboxylic acid groups (broad SMARTS) is 1. The summed E-state index contributed by atoms with van der Waals surface area (Å²) in [5, 5.41) is 30.8. The van der Waals surface area contributed by atoms with E-state index in [9.17, 15) is 19.8 Å². The number of alkyl carbamates (subject to hydrolysis) is 1. The number of hydrogen-bond acceptors (Lipinski definition) is 6. The number of amides is 1. The van der Waals surface area contributed by atoms with Crippen LogP contribution in [0.25, 0.3) is 0 Å². The minimum Gasteiger partial charge on any atom is -0.477 e. The number of aliphatic hydroxyl groups excluding tert-OH is 2. The van der Waals surface area contributed by atoms with E-state index in [2.05, 4.69) is 5.32 Å². The van der Waals surface area contributed by atoms with Crippen molar-refractivity contribution in [3.63, 3.8) is 0 Å². The van der Waals surface area contributed by atoms with Crippen molar-refractivity contribution in [2.24, 2.45) is 0 Å². The summed E-state index contributed by atoms with van der Waals surface area (Å²) in [5.74, 6) is -1.10. The largest absolute Gasteiger partial charge is 0.477 e. The van der Waals surface area contributed by atoms with Crippen LogP contribution >= 0.6 is 11.3 Å². The summed E-state index contributed by atoms with van der Waals surface area (Å²) in [5.41, 5.74) is -0.655. The smallest absolute Gasteiger partial charge is 0.407 e. The van der Waals surface area contributed by atoms with Crippen LogP contribution in [0.1, 0.15) is 41.4 Å². The molecule has 0 bridgehead atoms. The Labute approximate surface area is 126 Å². The van der Waals surface area contributed by atoms with Crippen molar-refractivity contribution in [2.75, 3.05) is 6.54 Å². The average Bonchev–Trinajstić information content (AvgIpc) is 2.82. The van der Waals surface area contributed by atoms with Gasteiger partial charge in [0.25, 0.3) is 0 Å². The van der Waals surface area contributed by atoms with Gasteiger partial charge in [0.15, 0.2) is 0 Å². The van der Waals surface area contributed by atoms with E-state index in [1.54, 1.807) is 20.8 Å². The Morgan fingerprint density at radius 1 is 1.33 bits per heavy atom. The molecule has 1 amide bonds. The number of nitrogens with one attached hydrogen (secondary N) is 1. The maximum absolute atomic E-state index is 11.4. The molecule has 1 heterocycles. The quantitative estimate of drug-likeness (QED) is 0.652. The average molecular weight is 317 g/mol. The monoisotopic (exact) mass is 317 g/mol. The highest BCUT2D eigenvalue weighted by Gasteiger charge is 2.23. The molecule has 21 heavy (non-hydrogen) atoms. The van der Waals surface area contributed by atoms with Gasteiger partial charge < -0.3 is 25.4 Å². The van der Waals surface area contributed by atoms with Crippen molar-refractivity contribution >= 4 is 23.4 Å². The lowest BCUT2D eigenvalue weighted by Gasteiger charge is -2.21. The number of carboxylic acids is 1. The molecule has 0 spiro atoms. The van der Waals surface area contributed by atoms with E-state index >= 15 is 0 Å². The fourth-order valence-electron chi connectivity index (χ4n) is 1.43. The third-order valence-electron chi connectivity index (χ3n) is 2.35. The Morgan fingerprint density at radius 2 is 1.95 bits per heavy atom. The van der Waals surface area contributed by atoms with Crippen LogP contribution in [-0.4, -0.2) is 45.6 Å². The van der Waals surface area contributed by atoms with Gasteiger partial charge in [-0.15, -0.1) is 11.3 Å². The molecule has 1 rings (SSSR count). The van der Waals surface area contributed by atoms with Gasteiger partial charge in [-0.1, -0.05) is 0 Å². The second-order valence-corrected chi connectivity index (χ2v) is 6.52. The van der Waals surface area contributed by atoms with E-state index in [1.165, 1.54) is 12.1 Å². The molecular formula is C13H19NO6S. The molecule has 2 unspecified atom stereocenters. The third kappa shape index (κ3) is 5.70. The zero-order valence-corrected chi connectivity index (χ0v) is 12.8. The summed E-state index contributed by atoms with van der Waals surface area (Å²) in [4.78, 5) is 22.5. The normalized spacial score (nSPS) is 14.3. The molecule has 7 nitrogen and oxygen atoms in total. The van der Waals surface area contributed by atoms with Crippen LogP contribution in [-0.2, 0) is 4.74 Å². The number of carbonyl (C=O) groups excluding carboxylic acids is 1. The molecule has 0 radical (unpaired) electrons. The maximum Gasteiger partial charge on any atom is 0.407 e. The minimum absolute atomic E-state index is 0.0661. The predicted molar refractivity (Wildman–Crippen MR) is 76.5 cm³/mol. The molecule has 1 aromatic heterocycles. The zero-order chi connectivity index (χ0) is 16.2. The molecular weight excluding hydrogens is 298 g/mol. The highest BCUT2D eigenvalue weighted by molar-refractivity contribution is 7.14. The zero-order valence-electron chi connectivity index (χ0n) is 12.0. The van der Waals surface area contributed by atoms with E-state index in [4.69, 9.17) is 9.84 Å². The molecule has 0 aliphatic heterocycles. The molecule has 118 valence electrons. The number of aromatic carboxylic acids is 1. The van der Waals surface area contributed by atoms with Crippen molar-refractivity contribution in [3.8, 4) is 0 Å². The van der Waals surface area contributed by atoms with Crippen LogP contribution < -0.4 is 5.32 Å². The minimum atomic E-state index is -1.28. The third-order valence-corrected chi connectivity index (χ3v) is 3.49. The molecule has 0 aliphatic rings. The van der Waals surface area contributed by atoms with E-state index in [-0.39, 0.29) is 11.4 Å². The van der Waals surface area contributed by atoms with Gasteiger partial charge in [0.1, 0.15) is 22.7 Å². The fourth-order valence-corrected chi connectivity index (χ4v) is 2.32. The summed E-state index contributed by atoms with van der Waals surface area (Å²) in [6.45, 7) is 4.90. The first-order chi connectivity index (χ1) is 9.60. The van der Waals surface area contributed by atoms with Crippen LogP contribution in [0.2, 0.25) is 0 Å². The van der Waals surface area contributed by atoms with Crippen molar-refractivity contribution < 1.29 is 29.6 Å². The van der Waals surface area contributed by atoms with E-state index < -0.39 is 29.9 Å². The number of aliphatic hydroxyl groups is 2. The molecule has 0 aliphatic carbocycles. The lowest BCUT2D eigenvalue weighted by atomic mass is 10.1. The molecule has 4 N–H and O–H groups in total. The standard InChI is InChI=1S/C13H19NO6S/c1-13(2,3)20-12(19)14-6-7(15)10(16)8-4-5-9(21-8)11(17)18/h4-5,7,10,15-16H,6H2,1-3H3,(H,14,19)(H,17,18). The van der Waals surface area contributed by atoms with E-state index in [1.807, 2.05) is 0 Å². The molecule has 8 heteroatoms. The number of ether oxygens (including phenoxy) is 1. The topological polar surface area (TPSA) is 116 Å². The van der Waals surface area contributed by atoms with Gasteiger partial charge in [-0.05, 0) is 32.9 Å². The van der Waals surface area contributed by atoms with Crippen LogP contribution in [0.5, 0.6) is 0 Å². The maximum atomic E-state index is 11.4.